The molecule has 0 atom stereocenters. The summed E-state index contributed by atoms with van der Waals surface area (Å²) in [7, 11) is 0. The Morgan fingerprint density at radius 1 is 1.37 bits per heavy atom. The van der Waals surface area contributed by atoms with Crippen LogP contribution in [0.15, 0.2) is 22.9 Å². The molecular weight excluding hydrogens is 266 g/mol. The van der Waals surface area contributed by atoms with Gasteiger partial charge in [-0.25, -0.2) is 0 Å². The van der Waals surface area contributed by atoms with Gasteiger partial charge < -0.3 is 9.84 Å². The highest BCUT2D eigenvalue weighted by atomic mass is 35.5. The van der Waals surface area contributed by atoms with Crippen LogP contribution in [-0.4, -0.2) is 46.2 Å². The van der Waals surface area contributed by atoms with Crippen molar-refractivity contribution in [2.24, 2.45) is 0 Å². The minimum Gasteiger partial charge on any atom is -0.337 e. The minimum atomic E-state index is 0.440. The van der Waals surface area contributed by atoms with Gasteiger partial charge in [0.15, 0.2) is 0 Å². The van der Waals surface area contributed by atoms with Crippen molar-refractivity contribution in [1.29, 1.82) is 0 Å². The van der Waals surface area contributed by atoms with Crippen LogP contribution < -0.4 is 5.32 Å². The molecular formula is C12H14ClN5O. The maximum atomic E-state index is 6.06. The number of hydrogen-bond acceptors (Lipinski definition) is 6. The van der Waals surface area contributed by atoms with Gasteiger partial charge in [0, 0.05) is 32.4 Å². The number of rotatable bonds is 3. The molecule has 2 aromatic heterocycles. The molecule has 3 rings (SSSR count). The predicted octanol–water partition coefficient (Wildman–Crippen LogP) is 1.19. The van der Waals surface area contributed by atoms with Crippen LogP contribution in [0.3, 0.4) is 0 Å². The second kappa shape index (κ2) is 5.64. The second-order valence-electron chi connectivity index (χ2n) is 4.37. The number of pyridine rings is 1. The van der Waals surface area contributed by atoms with E-state index < -0.39 is 0 Å². The van der Waals surface area contributed by atoms with E-state index in [1.807, 2.05) is 0 Å². The van der Waals surface area contributed by atoms with Crippen LogP contribution in [0.2, 0.25) is 5.02 Å². The maximum absolute atomic E-state index is 6.06. The quantitative estimate of drug-likeness (QED) is 0.910. The molecule has 2 aromatic rings. The van der Waals surface area contributed by atoms with Crippen molar-refractivity contribution < 1.29 is 4.52 Å². The molecule has 3 heterocycles. The van der Waals surface area contributed by atoms with Gasteiger partial charge >= 0.3 is 0 Å². The largest absolute Gasteiger partial charge is 0.337 e. The van der Waals surface area contributed by atoms with Gasteiger partial charge in [-0.3, -0.25) is 9.88 Å². The molecule has 1 aliphatic heterocycles. The summed E-state index contributed by atoms with van der Waals surface area (Å²) < 4.78 is 5.25. The lowest BCUT2D eigenvalue weighted by atomic mass is 10.3. The lowest BCUT2D eigenvalue weighted by molar-refractivity contribution is 0.203. The molecule has 1 N–H and O–H groups in total. The van der Waals surface area contributed by atoms with Crippen molar-refractivity contribution in [3.05, 3.63) is 29.2 Å². The fraction of sp³-hybridized carbons (Fsp3) is 0.417. The van der Waals surface area contributed by atoms with Crippen molar-refractivity contribution >= 4 is 11.6 Å². The first-order valence-electron chi connectivity index (χ1n) is 6.19. The van der Waals surface area contributed by atoms with Crippen molar-refractivity contribution in [2.75, 3.05) is 26.2 Å². The Balaban J connectivity index is 1.74. The third-order valence-corrected chi connectivity index (χ3v) is 3.31. The average molecular weight is 280 g/mol. The van der Waals surface area contributed by atoms with E-state index >= 15 is 0 Å². The topological polar surface area (TPSA) is 67.1 Å². The van der Waals surface area contributed by atoms with Gasteiger partial charge in [0.2, 0.25) is 11.7 Å². The van der Waals surface area contributed by atoms with Gasteiger partial charge in [0.05, 0.1) is 11.6 Å². The van der Waals surface area contributed by atoms with E-state index in [9.17, 15) is 0 Å². The summed E-state index contributed by atoms with van der Waals surface area (Å²) in [5.74, 6) is 1.04. The van der Waals surface area contributed by atoms with Gasteiger partial charge in [0.1, 0.15) is 5.69 Å². The molecule has 1 saturated heterocycles. The number of halogens is 1. The number of nitrogens with zero attached hydrogens (tertiary/aromatic N) is 4. The highest BCUT2D eigenvalue weighted by Gasteiger charge is 2.16. The van der Waals surface area contributed by atoms with E-state index in [2.05, 4.69) is 25.3 Å². The molecule has 0 amide bonds. The second-order valence-corrected chi connectivity index (χ2v) is 4.78. The standard InChI is InChI=1S/C12H14ClN5O/c13-9-2-1-3-15-11(9)12-16-10(19-17-12)8-18-6-4-14-5-7-18/h1-3,14H,4-8H2. The third kappa shape index (κ3) is 2.91. The van der Waals surface area contributed by atoms with Crippen LogP contribution >= 0.6 is 11.6 Å². The lowest BCUT2D eigenvalue weighted by Crippen LogP contribution is -2.42. The smallest absolute Gasteiger partial charge is 0.241 e. The molecule has 0 saturated carbocycles. The molecule has 0 aliphatic carbocycles. The molecule has 6 nitrogen and oxygen atoms in total. The summed E-state index contributed by atoms with van der Waals surface area (Å²) in [6.45, 7) is 4.63. The summed E-state index contributed by atoms with van der Waals surface area (Å²) in [6, 6.07) is 3.53. The van der Waals surface area contributed by atoms with E-state index in [1.54, 1.807) is 18.3 Å². The molecule has 1 aliphatic rings. The molecule has 19 heavy (non-hydrogen) atoms. The van der Waals surface area contributed by atoms with Crippen LogP contribution in [0.25, 0.3) is 11.5 Å². The van der Waals surface area contributed by atoms with E-state index in [-0.39, 0.29) is 0 Å². The molecule has 0 unspecified atom stereocenters. The highest BCUT2D eigenvalue weighted by Crippen LogP contribution is 2.22. The van der Waals surface area contributed by atoms with E-state index in [1.165, 1.54) is 0 Å². The van der Waals surface area contributed by atoms with Crippen LogP contribution in [-0.2, 0) is 6.54 Å². The zero-order valence-corrected chi connectivity index (χ0v) is 11.1. The van der Waals surface area contributed by atoms with Gasteiger partial charge in [-0.05, 0) is 12.1 Å². The lowest BCUT2D eigenvalue weighted by Gasteiger charge is -2.25. The molecule has 1 fully saturated rings. The molecule has 7 heteroatoms. The Labute approximate surface area is 115 Å². The Morgan fingerprint density at radius 3 is 3.00 bits per heavy atom. The monoisotopic (exact) mass is 279 g/mol. The summed E-state index contributed by atoms with van der Waals surface area (Å²) in [6.07, 6.45) is 1.66. The Bertz CT molecular complexity index is 553. The first-order chi connectivity index (χ1) is 9.33. The maximum Gasteiger partial charge on any atom is 0.241 e. The summed E-state index contributed by atoms with van der Waals surface area (Å²) in [5, 5.41) is 7.77. The zero-order chi connectivity index (χ0) is 13.1. The van der Waals surface area contributed by atoms with Gasteiger partial charge in [-0.2, -0.15) is 4.98 Å². The van der Waals surface area contributed by atoms with Gasteiger partial charge in [-0.1, -0.05) is 16.8 Å². The summed E-state index contributed by atoms with van der Waals surface area (Å²) in [4.78, 5) is 10.8. The molecule has 0 aromatic carbocycles. The van der Waals surface area contributed by atoms with Crippen molar-refractivity contribution in [1.82, 2.24) is 25.3 Å². The van der Waals surface area contributed by atoms with Gasteiger partial charge in [-0.15, -0.1) is 0 Å². The Morgan fingerprint density at radius 2 is 2.21 bits per heavy atom. The zero-order valence-electron chi connectivity index (χ0n) is 10.3. The third-order valence-electron chi connectivity index (χ3n) is 3.01. The number of hydrogen-bond donors (Lipinski definition) is 1. The Kier molecular flexibility index (Phi) is 3.72. The fourth-order valence-electron chi connectivity index (χ4n) is 2.03. The van der Waals surface area contributed by atoms with Crippen molar-refractivity contribution in [3.63, 3.8) is 0 Å². The SMILES string of the molecule is Clc1cccnc1-c1noc(CN2CCNCC2)n1. The van der Waals surface area contributed by atoms with E-state index in [0.717, 1.165) is 26.2 Å². The van der Waals surface area contributed by atoms with Crippen LogP contribution in [0, 0.1) is 0 Å². The number of nitrogens with one attached hydrogen (secondary N) is 1. The number of piperazine rings is 1. The molecule has 0 spiro atoms. The fourth-order valence-corrected chi connectivity index (χ4v) is 2.23. The molecule has 0 bridgehead atoms. The first-order valence-corrected chi connectivity index (χ1v) is 6.57. The minimum absolute atomic E-state index is 0.440. The average Bonchev–Trinajstić information content (AvgIpc) is 2.89. The van der Waals surface area contributed by atoms with Crippen LogP contribution in [0.4, 0.5) is 0 Å². The van der Waals surface area contributed by atoms with Crippen molar-refractivity contribution in [2.45, 2.75) is 6.54 Å². The summed E-state index contributed by atoms with van der Waals surface area (Å²) >= 11 is 6.06. The van der Waals surface area contributed by atoms with E-state index in [0.29, 0.717) is 29.0 Å². The highest BCUT2D eigenvalue weighted by molar-refractivity contribution is 6.32. The molecule has 0 radical (unpaired) electrons. The molecule has 100 valence electrons. The normalized spacial score (nSPS) is 16.7. The summed E-state index contributed by atoms with van der Waals surface area (Å²) in [5.41, 5.74) is 0.555. The first kappa shape index (κ1) is 12.5. The Hall–Kier alpha value is -1.50. The van der Waals surface area contributed by atoms with Crippen molar-refractivity contribution in [3.8, 4) is 11.5 Å². The van der Waals surface area contributed by atoms with Crippen LogP contribution in [0.5, 0.6) is 0 Å². The van der Waals surface area contributed by atoms with Gasteiger partial charge in [0.25, 0.3) is 0 Å². The predicted molar refractivity (Wildman–Crippen MR) is 70.7 cm³/mol. The van der Waals surface area contributed by atoms with E-state index in [4.69, 9.17) is 16.1 Å². The number of aromatic nitrogens is 3. The van der Waals surface area contributed by atoms with Crippen LogP contribution in [0.1, 0.15) is 5.89 Å².